The van der Waals surface area contributed by atoms with Gasteiger partial charge in [-0.1, -0.05) is 6.08 Å². The van der Waals surface area contributed by atoms with Crippen molar-refractivity contribution >= 4 is 17.8 Å². The molecule has 1 rings (SSSR count). The van der Waals surface area contributed by atoms with Crippen LogP contribution in [-0.4, -0.2) is 66.3 Å². The van der Waals surface area contributed by atoms with E-state index in [1.165, 1.54) is 6.92 Å². The minimum atomic E-state index is -1.92. The fraction of sp³-hybridized carbons (Fsp3) is 0.706. The third-order valence-electron chi connectivity index (χ3n) is 3.74. The van der Waals surface area contributed by atoms with Gasteiger partial charge in [0.25, 0.3) is 0 Å². The minimum absolute atomic E-state index is 0.0303. The quantitative estimate of drug-likeness (QED) is 0.417. The molecule has 1 aliphatic heterocycles. The summed E-state index contributed by atoms with van der Waals surface area (Å²) < 4.78 is 15.8. The van der Waals surface area contributed by atoms with E-state index in [0.29, 0.717) is 0 Å². The molecule has 0 saturated carbocycles. The maximum atomic E-state index is 12.9. The van der Waals surface area contributed by atoms with Crippen LogP contribution in [0.1, 0.15) is 34.1 Å². The van der Waals surface area contributed by atoms with Crippen LogP contribution in [0.3, 0.4) is 0 Å². The molecule has 142 valence electrons. The van der Waals surface area contributed by atoms with Crippen LogP contribution < -0.4 is 5.73 Å². The van der Waals surface area contributed by atoms with Gasteiger partial charge in [0.15, 0.2) is 0 Å². The first-order chi connectivity index (χ1) is 11.5. The number of rotatable bonds is 6. The van der Waals surface area contributed by atoms with Gasteiger partial charge >= 0.3 is 11.9 Å². The highest BCUT2D eigenvalue weighted by atomic mass is 16.6. The first-order valence-electron chi connectivity index (χ1n) is 8.11. The largest absolute Gasteiger partial charge is 0.467 e. The molecule has 0 aromatic heterocycles. The van der Waals surface area contributed by atoms with Crippen molar-refractivity contribution in [2.45, 2.75) is 57.4 Å². The Balaban J connectivity index is 3.35. The van der Waals surface area contributed by atoms with E-state index in [2.05, 4.69) is 6.58 Å². The standard InChI is InChI=1S/C17H28N2O6/c1-7-8-24-12-9-17(14(21)23-6,15(22)25-16(3,4)5)19(10-12)13(20)11(2)18/h7,11-12H,1,8-10,18H2,2-6H3/t11-,12?,17-/m0/s1. The highest BCUT2D eigenvalue weighted by molar-refractivity contribution is 6.09. The van der Waals surface area contributed by atoms with Gasteiger partial charge in [0.05, 0.1) is 25.9 Å². The second-order valence-electron chi connectivity index (χ2n) is 7.04. The van der Waals surface area contributed by atoms with Gasteiger partial charge in [0, 0.05) is 13.0 Å². The molecule has 1 heterocycles. The molecule has 0 bridgehead atoms. The van der Waals surface area contributed by atoms with Crippen LogP contribution >= 0.6 is 0 Å². The summed E-state index contributed by atoms with van der Waals surface area (Å²) in [4.78, 5) is 39.2. The number of carbonyl (C=O) groups is 3. The molecule has 2 N–H and O–H groups in total. The van der Waals surface area contributed by atoms with Gasteiger partial charge in [-0.15, -0.1) is 6.58 Å². The first-order valence-corrected chi connectivity index (χ1v) is 8.11. The first kappa shape index (κ1) is 21.1. The second kappa shape index (κ2) is 7.97. The number of likely N-dealkylation sites (tertiary alicyclic amines) is 1. The second-order valence-corrected chi connectivity index (χ2v) is 7.04. The summed E-state index contributed by atoms with van der Waals surface area (Å²) in [6, 6.07) is -0.898. The molecule has 0 radical (unpaired) electrons. The SMILES string of the molecule is C=CCOC1CN(C(=O)[C@H](C)N)[C@@](C(=O)OC)(C(=O)OC(C)(C)C)C1. The third-order valence-corrected chi connectivity index (χ3v) is 3.74. The number of amides is 1. The molecule has 1 fully saturated rings. The molecule has 25 heavy (non-hydrogen) atoms. The molecule has 8 heteroatoms. The van der Waals surface area contributed by atoms with Crippen LogP contribution in [0.4, 0.5) is 0 Å². The number of carbonyl (C=O) groups excluding carboxylic acids is 3. The summed E-state index contributed by atoms with van der Waals surface area (Å²) >= 11 is 0. The zero-order valence-corrected chi connectivity index (χ0v) is 15.5. The molecule has 1 amide bonds. The monoisotopic (exact) mass is 356 g/mol. The van der Waals surface area contributed by atoms with Crippen LogP contribution in [0.5, 0.6) is 0 Å². The van der Waals surface area contributed by atoms with E-state index in [1.54, 1.807) is 26.8 Å². The van der Waals surface area contributed by atoms with Gasteiger partial charge in [-0.05, 0) is 27.7 Å². The van der Waals surface area contributed by atoms with Gasteiger partial charge in [-0.3, -0.25) is 4.79 Å². The van der Waals surface area contributed by atoms with Crippen molar-refractivity contribution in [1.29, 1.82) is 0 Å². The van der Waals surface area contributed by atoms with E-state index >= 15 is 0 Å². The normalized spacial score (nSPS) is 24.6. The minimum Gasteiger partial charge on any atom is -0.467 e. The Kier molecular flexibility index (Phi) is 6.73. The van der Waals surface area contributed by atoms with E-state index in [0.717, 1.165) is 12.0 Å². The lowest BCUT2D eigenvalue weighted by molar-refractivity contribution is -0.182. The Morgan fingerprint density at radius 3 is 2.40 bits per heavy atom. The van der Waals surface area contributed by atoms with Crippen LogP contribution in [-0.2, 0) is 28.6 Å². The number of nitrogens with zero attached hydrogens (tertiary/aromatic N) is 1. The Labute approximate surface area is 148 Å². The summed E-state index contributed by atoms with van der Waals surface area (Å²) in [6.07, 6.45) is 0.928. The van der Waals surface area contributed by atoms with Gasteiger partial charge in [-0.2, -0.15) is 0 Å². The van der Waals surface area contributed by atoms with Crippen molar-refractivity contribution in [3.05, 3.63) is 12.7 Å². The Bertz CT molecular complexity index is 540. The lowest BCUT2D eigenvalue weighted by Gasteiger charge is -2.36. The zero-order chi connectivity index (χ0) is 19.4. The molecule has 0 spiro atoms. The lowest BCUT2D eigenvalue weighted by Crippen LogP contribution is -2.62. The summed E-state index contributed by atoms with van der Waals surface area (Å²) in [5, 5.41) is 0. The van der Waals surface area contributed by atoms with Gasteiger partial charge in [-0.25, -0.2) is 9.59 Å². The maximum Gasteiger partial charge on any atom is 0.344 e. The highest BCUT2D eigenvalue weighted by Crippen LogP contribution is 2.35. The smallest absolute Gasteiger partial charge is 0.344 e. The molecule has 0 aromatic rings. The van der Waals surface area contributed by atoms with E-state index in [4.69, 9.17) is 19.9 Å². The van der Waals surface area contributed by atoms with Crippen molar-refractivity contribution < 1.29 is 28.6 Å². The molecule has 1 aliphatic rings. The molecular formula is C17H28N2O6. The third kappa shape index (κ3) is 4.58. The average Bonchev–Trinajstić information content (AvgIpc) is 2.90. The molecule has 0 aliphatic carbocycles. The predicted molar refractivity (Wildman–Crippen MR) is 90.5 cm³/mol. The molecule has 3 atom stereocenters. The molecular weight excluding hydrogens is 328 g/mol. The van der Waals surface area contributed by atoms with Crippen LogP contribution in [0, 0.1) is 0 Å². The van der Waals surface area contributed by atoms with Crippen molar-refractivity contribution in [2.24, 2.45) is 5.73 Å². The van der Waals surface area contributed by atoms with Gasteiger partial charge in [0.1, 0.15) is 5.60 Å². The number of methoxy groups -OCH3 is 1. The van der Waals surface area contributed by atoms with Crippen molar-refractivity contribution in [1.82, 2.24) is 4.90 Å². The van der Waals surface area contributed by atoms with Crippen LogP contribution in [0.25, 0.3) is 0 Å². The Morgan fingerprint density at radius 2 is 1.96 bits per heavy atom. The molecule has 1 saturated heterocycles. The number of hydrogen-bond acceptors (Lipinski definition) is 7. The fourth-order valence-corrected chi connectivity index (χ4v) is 2.71. The number of ether oxygens (including phenoxy) is 3. The van der Waals surface area contributed by atoms with Crippen molar-refractivity contribution in [3.8, 4) is 0 Å². The zero-order valence-electron chi connectivity index (χ0n) is 15.5. The van der Waals surface area contributed by atoms with E-state index in [9.17, 15) is 14.4 Å². The number of nitrogens with two attached hydrogens (primary N) is 1. The topological polar surface area (TPSA) is 108 Å². The molecule has 1 unspecified atom stereocenters. The summed E-state index contributed by atoms with van der Waals surface area (Å²) in [5.74, 6) is -2.29. The van der Waals surface area contributed by atoms with E-state index in [-0.39, 0.29) is 19.6 Å². The van der Waals surface area contributed by atoms with Crippen LogP contribution in [0.15, 0.2) is 12.7 Å². The summed E-state index contributed by atoms with van der Waals surface area (Å²) in [6.45, 7) is 10.3. The Hall–Kier alpha value is -1.93. The molecule has 0 aromatic carbocycles. The van der Waals surface area contributed by atoms with E-state index in [1.807, 2.05) is 0 Å². The highest BCUT2D eigenvalue weighted by Gasteiger charge is 2.62. The predicted octanol–water partition coefficient (Wildman–Crippen LogP) is 0.391. The fourth-order valence-electron chi connectivity index (χ4n) is 2.71. The maximum absolute atomic E-state index is 12.9. The lowest BCUT2D eigenvalue weighted by atomic mass is 9.94. The van der Waals surface area contributed by atoms with Gasteiger partial charge < -0.3 is 24.8 Å². The van der Waals surface area contributed by atoms with E-state index < -0.39 is 41.1 Å². The van der Waals surface area contributed by atoms with Gasteiger partial charge in [0.2, 0.25) is 11.4 Å². The number of hydrogen-bond donors (Lipinski definition) is 1. The number of esters is 2. The average molecular weight is 356 g/mol. The Morgan fingerprint density at radius 1 is 1.36 bits per heavy atom. The van der Waals surface area contributed by atoms with Crippen LogP contribution in [0.2, 0.25) is 0 Å². The van der Waals surface area contributed by atoms with Crippen molar-refractivity contribution in [2.75, 3.05) is 20.3 Å². The van der Waals surface area contributed by atoms with Crippen molar-refractivity contribution in [3.63, 3.8) is 0 Å². The molecule has 8 nitrogen and oxygen atoms in total. The summed E-state index contributed by atoms with van der Waals surface area (Å²) in [7, 11) is 1.15. The summed E-state index contributed by atoms with van der Waals surface area (Å²) in [5.41, 5.74) is 2.93.